The molecule has 2 aromatic rings. The van der Waals surface area contributed by atoms with Gasteiger partial charge in [0.15, 0.2) is 5.78 Å². The van der Waals surface area contributed by atoms with E-state index < -0.39 is 35.3 Å². The number of hydrogen-bond acceptors (Lipinski definition) is 4. The van der Waals surface area contributed by atoms with E-state index in [1.807, 2.05) is 6.07 Å². The van der Waals surface area contributed by atoms with E-state index in [4.69, 9.17) is 4.74 Å². The van der Waals surface area contributed by atoms with Crippen molar-refractivity contribution in [3.8, 4) is 0 Å². The van der Waals surface area contributed by atoms with Crippen LogP contribution in [-0.4, -0.2) is 18.9 Å². The maximum atomic E-state index is 12.9. The molecule has 2 atom stereocenters. The predicted octanol–water partition coefficient (Wildman–Crippen LogP) is 4.55. The van der Waals surface area contributed by atoms with Crippen LogP contribution < -0.4 is 5.32 Å². The molecule has 7 heteroatoms. The van der Waals surface area contributed by atoms with Gasteiger partial charge in [-0.1, -0.05) is 36.4 Å². The first-order chi connectivity index (χ1) is 13.3. The second-order valence-electron chi connectivity index (χ2n) is 6.50. The molecule has 0 spiro atoms. The molecule has 0 fully saturated rings. The molecule has 0 amide bonds. The van der Waals surface area contributed by atoms with Crippen LogP contribution in [0.4, 0.5) is 18.9 Å². The summed E-state index contributed by atoms with van der Waals surface area (Å²) in [5, 5.41) is 2.89. The molecule has 0 radical (unpaired) electrons. The molecule has 0 saturated heterocycles. The summed E-state index contributed by atoms with van der Waals surface area (Å²) in [7, 11) is 1.22. The summed E-state index contributed by atoms with van der Waals surface area (Å²) < 4.78 is 43.6. The van der Waals surface area contributed by atoms with Crippen molar-refractivity contribution in [2.75, 3.05) is 12.4 Å². The van der Waals surface area contributed by atoms with E-state index in [1.54, 1.807) is 24.3 Å². The Balaban J connectivity index is 1.91. The highest BCUT2D eigenvalue weighted by atomic mass is 19.4. The predicted molar refractivity (Wildman–Crippen MR) is 97.5 cm³/mol. The highest BCUT2D eigenvalue weighted by Crippen LogP contribution is 2.37. The van der Waals surface area contributed by atoms with Gasteiger partial charge in [0.25, 0.3) is 0 Å². The lowest BCUT2D eigenvalue weighted by atomic mass is 9.76. The summed E-state index contributed by atoms with van der Waals surface area (Å²) in [6.45, 7) is 0. The van der Waals surface area contributed by atoms with E-state index in [2.05, 4.69) is 5.32 Å². The van der Waals surface area contributed by atoms with Crippen LogP contribution in [0.3, 0.4) is 0 Å². The van der Waals surface area contributed by atoms with Crippen molar-refractivity contribution >= 4 is 17.4 Å². The summed E-state index contributed by atoms with van der Waals surface area (Å²) >= 11 is 0. The molecular formula is C21H18F3NO3. The van der Waals surface area contributed by atoms with Crippen molar-refractivity contribution in [2.24, 2.45) is 5.92 Å². The number of carbonyl (C=O) groups is 2. The fourth-order valence-electron chi connectivity index (χ4n) is 3.34. The molecule has 0 unspecified atom stereocenters. The number of benzene rings is 2. The van der Waals surface area contributed by atoms with Crippen LogP contribution in [0, 0.1) is 5.92 Å². The number of carbonyl (C=O) groups excluding carboxylic acids is 2. The topological polar surface area (TPSA) is 55.4 Å². The first kappa shape index (κ1) is 19.7. The van der Waals surface area contributed by atoms with Crippen molar-refractivity contribution in [3.05, 3.63) is 77.5 Å². The Morgan fingerprint density at radius 2 is 1.82 bits per heavy atom. The van der Waals surface area contributed by atoms with Gasteiger partial charge in [-0.15, -0.1) is 0 Å². The molecule has 3 rings (SSSR count). The van der Waals surface area contributed by atoms with E-state index in [-0.39, 0.29) is 12.1 Å². The quantitative estimate of drug-likeness (QED) is 0.616. The number of rotatable bonds is 4. The monoisotopic (exact) mass is 389 g/mol. The highest BCUT2D eigenvalue weighted by molar-refractivity contribution is 6.07. The first-order valence-electron chi connectivity index (χ1n) is 8.61. The van der Waals surface area contributed by atoms with E-state index in [1.165, 1.54) is 25.3 Å². The molecule has 4 nitrogen and oxygen atoms in total. The minimum atomic E-state index is -4.46. The van der Waals surface area contributed by atoms with Gasteiger partial charge in [0.2, 0.25) is 0 Å². The Morgan fingerprint density at radius 1 is 1.11 bits per heavy atom. The lowest BCUT2D eigenvalue weighted by molar-refractivity contribution is -0.149. The summed E-state index contributed by atoms with van der Waals surface area (Å²) in [5.41, 5.74) is 0.658. The molecule has 0 aliphatic heterocycles. The average molecular weight is 389 g/mol. The molecule has 1 N–H and O–H groups in total. The van der Waals surface area contributed by atoms with Crippen LogP contribution in [0.25, 0.3) is 0 Å². The minimum Gasteiger partial charge on any atom is -0.468 e. The number of esters is 1. The number of halogens is 3. The lowest BCUT2D eigenvalue weighted by Gasteiger charge is -2.29. The standard InChI is InChI=1S/C21H18F3NO3/c1-28-20(27)19-17(13-6-3-2-4-7-13)11-16(12-18(19)26)25-15-9-5-8-14(10-15)21(22,23)24/h2-10,12,17,19,25H,11H2,1H3/t17-,19+/m1/s1. The summed E-state index contributed by atoms with van der Waals surface area (Å²) in [6.07, 6.45) is -2.91. The largest absolute Gasteiger partial charge is 0.468 e. The van der Waals surface area contributed by atoms with Gasteiger partial charge in [0, 0.05) is 23.4 Å². The molecule has 0 heterocycles. The van der Waals surface area contributed by atoms with Crippen LogP contribution in [0.2, 0.25) is 0 Å². The number of anilines is 1. The molecular weight excluding hydrogens is 371 g/mol. The third kappa shape index (κ3) is 4.24. The molecule has 146 valence electrons. The van der Waals surface area contributed by atoms with Gasteiger partial charge in [-0.05, 0) is 30.2 Å². The van der Waals surface area contributed by atoms with Crippen LogP contribution >= 0.6 is 0 Å². The summed E-state index contributed by atoms with van der Waals surface area (Å²) in [6, 6.07) is 13.8. The van der Waals surface area contributed by atoms with Crippen molar-refractivity contribution in [1.29, 1.82) is 0 Å². The van der Waals surface area contributed by atoms with Gasteiger partial charge in [-0.3, -0.25) is 9.59 Å². The van der Waals surface area contributed by atoms with E-state index >= 15 is 0 Å². The van der Waals surface area contributed by atoms with Crippen LogP contribution in [0.1, 0.15) is 23.5 Å². The SMILES string of the molecule is COC(=O)[C@@H]1C(=O)C=C(Nc2cccc(C(F)(F)F)c2)C[C@@H]1c1ccccc1. The minimum absolute atomic E-state index is 0.220. The van der Waals surface area contributed by atoms with Crippen LogP contribution in [0.15, 0.2) is 66.4 Å². The zero-order chi connectivity index (χ0) is 20.3. The Labute approximate surface area is 160 Å². The summed E-state index contributed by atoms with van der Waals surface area (Å²) in [5.74, 6) is -2.53. The number of ether oxygens (including phenoxy) is 1. The second kappa shape index (κ2) is 7.88. The Morgan fingerprint density at radius 3 is 2.46 bits per heavy atom. The highest BCUT2D eigenvalue weighted by Gasteiger charge is 2.39. The number of nitrogens with one attached hydrogen (secondary N) is 1. The van der Waals surface area contributed by atoms with Crippen molar-refractivity contribution in [2.45, 2.75) is 18.5 Å². The van der Waals surface area contributed by atoms with Crippen molar-refractivity contribution in [3.63, 3.8) is 0 Å². The molecule has 2 aromatic carbocycles. The van der Waals surface area contributed by atoms with Gasteiger partial charge >= 0.3 is 12.1 Å². The van der Waals surface area contributed by atoms with Gasteiger partial charge in [-0.2, -0.15) is 13.2 Å². The maximum Gasteiger partial charge on any atom is 0.416 e. The fraction of sp³-hybridized carbons (Fsp3) is 0.238. The van der Waals surface area contributed by atoms with E-state index in [0.717, 1.165) is 17.7 Å². The normalized spacial score (nSPS) is 19.7. The van der Waals surface area contributed by atoms with Crippen molar-refractivity contribution in [1.82, 2.24) is 0 Å². The molecule has 1 aliphatic rings. The third-order valence-corrected chi connectivity index (χ3v) is 4.64. The number of ketones is 1. The second-order valence-corrected chi connectivity index (χ2v) is 6.50. The van der Waals surface area contributed by atoms with Gasteiger partial charge < -0.3 is 10.1 Å². The van der Waals surface area contributed by atoms with Crippen LogP contribution in [0.5, 0.6) is 0 Å². The fourth-order valence-corrected chi connectivity index (χ4v) is 3.34. The molecule has 0 saturated carbocycles. The number of hydrogen-bond donors (Lipinski definition) is 1. The number of methoxy groups -OCH3 is 1. The number of alkyl halides is 3. The zero-order valence-electron chi connectivity index (χ0n) is 15.0. The van der Waals surface area contributed by atoms with Crippen LogP contribution in [-0.2, 0) is 20.5 Å². The average Bonchev–Trinajstić information content (AvgIpc) is 2.67. The zero-order valence-corrected chi connectivity index (χ0v) is 15.0. The van der Waals surface area contributed by atoms with E-state index in [0.29, 0.717) is 5.70 Å². The van der Waals surface area contributed by atoms with Gasteiger partial charge in [-0.25, -0.2) is 0 Å². The summed E-state index contributed by atoms with van der Waals surface area (Å²) in [4.78, 5) is 24.8. The van der Waals surface area contributed by atoms with Gasteiger partial charge in [0.05, 0.1) is 12.7 Å². The van der Waals surface area contributed by atoms with E-state index in [9.17, 15) is 22.8 Å². The smallest absolute Gasteiger partial charge is 0.416 e. The van der Waals surface area contributed by atoms with Gasteiger partial charge in [0.1, 0.15) is 5.92 Å². The molecule has 0 bridgehead atoms. The Hall–Kier alpha value is -3.09. The molecule has 1 aliphatic carbocycles. The molecule has 28 heavy (non-hydrogen) atoms. The lowest BCUT2D eigenvalue weighted by Crippen LogP contribution is -2.34. The third-order valence-electron chi connectivity index (χ3n) is 4.64. The first-order valence-corrected chi connectivity index (χ1v) is 8.61. The Bertz CT molecular complexity index is 907. The number of allylic oxidation sites excluding steroid dienone is 2. The Kier molecular flexibility index (Phi) is 5.53. The molecule has 0 aromatic heterocycles. The van der Waals surface area contributed by atoms with Crippen molar-refractivity contribution < 1.29 is 27.5 Å². The maximum absolute atomic E-state index is 12.9.